The van der Waals surface area contributed by atoms with Crippen molar-refractivity contribution in [2.75, 3.05) is 27.9 Å². The zero-order valence-electron chi connectivity index (χ0n) is 25.9. The van der Waals surface area contributed by atoms with Crippen molar-refractivity contribution in [2.24, 2.45) is 4.99 Å². The van der Waals surface area contributed by atoms with Crippen LogP contribution in [0.1, 0.15) is 46.9 Å². The summed E-state index contributed by atoms with van der Waals surface area (Å²) in [5.41, 5.74) is 2.42. The summed E-state index contributed by atoms with van der Waals surface area (Å²) in [6, 6.07) is 16.1. The van der Waals surface area contributed by atoms with Crippen molar-refractivity contribution >= 4 is 29.4 Å². The molecule has 1 aliphatic heterocycles. The summed E-state index contributed by atoms with van der Waals surface area (Å²) >= 11 is 1.19. The Labute approximate surface area is 268 Å². The van der Waals surface area contributed by atoms with Gasteiger partial charge in [-0.2, -0.15) is 0 Å². The Kier molecular flexibility index (Phi) is 9.57. The molecule has 0 amide bonds. The maximum Gasteiger partial charge on any atom is 0.338 e. The quantitative estimate of drug-likeness (QED) is 0.240. The first-order valence-electron chi connectivity index (χ1n) is 14.2. The first-order chi connectivity index (χ1) is 22.2. The maximum atomic E-state index is 14.1. The van der Waals surface area contributed by atoms with Crippen molar-refractivity contribution in [3.63, 3.8) is 0 Å². The summed E-state index contributed by atoms with van der Waals surface area (Å²) < 4.78 is 29.8. The molecule has 4 aromatic rings. The van der Waals surface area contributed by atoms with Crippen LogP contribution in [0, 0.1) is 0 Å². The van der Waals surface area contributed by atoms with Gasteiger partial charge in [0.05, 0.1) is 49.3 Å². The molecule has 2 heterocycles. The number of benzene rings is 3. The third kappa shape index (κ3) is 6.38. The van der Waals surface area contributed by atoms with Crippen LogP contribution in [0.4, 0.5) is 0 Å². The molecule has 0 unspecified atom stereocenters. The lowest BCUT2D eigenvalue weighted by molar-refractivity contribution is -0.139. The molecule has 0 radical (unpaired) electrons. The molecule has 1 aromatic heterocycles. The number of allylic oxidation sites excluding steroid dienone is 1. The topological polar surface area (TPSA) is 135 Å². The van der Waals surface area contributed by atoms with Gasteiger partial charge in [-0.3, -0.25) is 9.36 Å². The van der Waals surface area contributed by atoms with Gasteiger partial charge in [-0.25, -0.2) is 14.6 Å². The second-order valence-corrected chi connectivity index (χ2v) is 11.1. The van der Waals surface area contributed by atoms with E-state index in [1.807, 2.05) is 0 Å². The molecule has 238 valence electrons. The molecule has 0 saturated carbocycles. The molecule has 5 rings (SSSR count). The fourth-order valence-electron chi connectivity index (χ4n) is 5.13. The highest BCUT2D eigenvalue weighted by Crippen LogP contribution is 2.37. The Morgan fingerprint density at radius 1 is 0.978 bits per heavy atom. The zero-order chi connectivity index (χ0) is 33.0. The van der Waals surface area contributed by atoms with Crippen LogP contribution in [0.15, 0.2) is 81.7 Å². The van der Waals surface area contributed by atoms with Crippen molar-refractivity contribution in [2.45, 2.75) is 26.5 Å². The monoisotopic (exact) mass is 644 g/mol. The molecule has 0 bridgehead atoms. The van der Waals surface area contributed by atoms with E-state index in [2.05, 4.69) is 4.99 Å². The number of rotatable bonds is 11. The van der Waals surface area contributed by atoms with E-state index in [0.29, 0.717) is 54.7 Å². The highest BCUT2D eigenvalue weighted by atomic mass is 32.1. The lowest BCUT2D eigenvalue weighted by Crippen LogP contribution is -2.40. The smallest absolute Gasteiger partial charge is 0.338 e. The van der Waals surface area contributed by atoms with Crippen LogP contribution in [0.5, 0.6) is 23.0 Å². The summed E-state index contributed by atoms with van der Waals surface area (Å²) in [4.78, 5) is 43.7. The molecule has 12 heteroatoms. The summed E-state index contributed by atoms with van der Waals surface area (Å²) in [5, 5.41) is 9.26. The van der Waals surface area contributed by atoms with Gasteiger partial charge in [0.2, 0.25) is 0 Å². The normalized spacial score (nSPS) is 14.3. The Bertz CT molecular complexity index is 2030. The maximum absolute atomic E-state index is 14.1. The van der Waals surface area contributed by atoms with Gasteiger partial charge in [-0.05, 0) is 67.4 Å². The Morgan fingerprint density at radius 3 is 2.46 bits per heavy atom. The van der Waals surface area contributed by atoms with E-state index in [9.17, 15) is 19.5 Å². The number of thiazole rings is 1. The average Bonchev–Trinajstić information content (AvgIpc) is 3.36. The molecule has 0 saturated heterocycles. The highest BCUT2D eigenvalue weighted by Gasteiger charge is 2.35. The molecule has 3 aromatic carbocycles. The van der Waals surface area contributed by atoms with Gasteiger partial charge in [0.1, 0.15) is 24.1 Å². The lowest BCUT2D eigenvalue weighted by atomic mass is 9.95. The number of carboxylic acid groups (broad SMARTS) is 1. The van der Waals surface area contributed by atoms with Crippen LogP contribution in [0.25, 0.3) is 6.08 Å². The number of ether oxygens (including phenoxy) is 5. The Morgan fingerprint density at radius 2 is 1.76 bits per heavy atom. The minimum absolute atomic E-state index is 0.131. The largest absolute Gasteiger partial charge is 0.497 e. The summed E-state index contributed by atoms with van der Waals surface area (Å²) in [6.07, 6.45) is 1.72. The fraction of sp³-hybridized carbons (Fsp3) is 0.235. The van der Waals surface area contributed by atoms with Crippen molar-refractivity contribution in [1.29, 1.82) is 0 Å². The molecular formula is C34H32N2O9S. The first-order valence-corrected chi connectivity index (χ1v) is 15.0. The number of aromatic nitrogens is 1. The van der Waals surface area contributed by atoms with Gasteiger partial charge in [0.25, 0.3) is 5.56 Å². The van der Waals surface area contributed by atoms with Crippen LogP contribution >= 0.6 is 11.3 Å². The van der Waals surface area contributed by atoms with Crippen LogP contribution in [0.2, 0.25) is 0 Å². The van der Waals surface area contributed by atoms with E-state index in [4.69, 9.17) is 23.7 Å². The minimum Gasteiger partial charge on any atom is -0.497 e. The van der Waals surface area contributed by atoms with Crippen LogP contribution < -0.4 is 33.8 Å². The Balaban J connectivity index is 1.55. The Hall–Kier alpha value is -5.36. The molecule has 0 aliphatic carbocycles. The SMILES string of the molecule is CCOC(=O)C1=C(C)N=c2s/c(=C\c3ccc(OCc4cccc(C(=O)O)c4)c(OC)c3)c(=O)n2[C@H]1c1ccc(OC)cc1OC. The number of carbonyl (C=O) groups is 2. The molecule has 1 atom stereocenters. The molecule has 0 fully saturated rings. The molecular weight excluding hydrogens is 612 g/mol. The molecule has 11 nitrogen and oxygen atoms in total. The molecule has 1 aliphatic rings. The number of carboxylic acids is 1. The van der Waals surface area contributed by atoms with Crippen molar-refractivity contribution < 1.29 is 38.4 Å². The van der Waals surface area contributed by atoms with Gasteiger partial charge in [-0.1, -0.05) is 29.5 Å². The second-order valence-electron chi connectivity index (χ2n) is 10.1. The van der Waals surface area contributed by atoms with Crippen molar-refractivity contribution in [3.05, 3.63) is 114 Å². The minimum atomic E-state index is -1.02. The third-order valence-corrected chi connectivity index (χ3v) is 8.29. The number of aromatic carboxylic acids is 1. The fourth-order valence-corrected chi connectivity index (χ4v) is 6.18. The number of nitrogens with zero attached hydrogens (tertiary/aromatic N) is 2. The van der Waals surface area contributed by atoms with Gasteiger partial charge >= 0.3 is 11.9 Å². The van der Waals surface area contributed by atoms with Gasteiger partial charge in [-0.15, -0.1) is 0 Å². The van der Waals surface area contributed by atoms with Gasteiger partial charge < -0.3 is 28.8 Å². The molecule has 46 heavy (non-hydrogen) atoms. The average molecular weight is 645 g/mol. The van der Waals surface area contributed by atoms with Crippen molar-refractivity contribution in [1.82, 2.24) is 4.57 Å². The van der Waals surface area contributed by atoms with E-state index in [-0.39, 0.29) is 29.9 Å². The van der Waals surface area contributed by atoms with E-state index in [0.717, 1.165) is 0 Å². The second kappa shape index (κ2) is 13.7. The number of methoxy groups -OCH3 is 3. The number of hydrogen-bond donors (Lipinski definition) is 1. The predicted octanol–water partition coefficient (Wildman–Crippen LogP) is 4.10. The molecule has 1 N–H and O–H groups in total. The third-order valence-electron chi connectivity index (χ3n) is 7.31. The summed E-state index contributed by atoms with van der Waals surface area (Å²) in [5.74, 6) is 0.277. The zero-order valence-corrected chi connectivity index (χ0v) is 26.7. The number of carbonyl (C=O) groups excluding carboxylic acids is 1. The number of esters is 1. The van der Waals surface area contributed by atoms with Gasteiger partial charge in [0, 0.05) is 11.6 Å². The van der Waals surface area contributed by atoms with Crippen LogP contribution in [-0.4, -0.2) is 49.5 Å². The lowest BCUT2D eigenvalue weighted by Gasteiger charge is -2.26. The van der Waals surface area contributed by atoms with Crippen LogP contribution in [0.3, 0.4) is 0 Å². The molecule has 0 spiro atoms. The predicted molar refractivity (Wildman–Crippen MR) is 171 cm³/mol. The number of hydrogen-bond acceptors (Lipinski definition) is 10. The van der Waals surface area contributed by atoms with E-state index in [1.165, 1.54) is 36.2 Å². The standard InChI is InChI=1S/C34H32N2O9S/c1-6-44-33(40)29-19(2)35-34-36(30(29)24-12-11-23(41-3)17-26(24)42-4)31(37)28(46-34)16-20-10-13-25(27(15-20)43-5)45-18-21-8-7-9-22(14-21)32(38)39/h7-17,30H,6,18H2,1-5H3,(H,38,39)/b28-16-/t30-/m0/s1. The van der Waals surface area contributed by atoms with E-state index in [1.54, 1.807) is 81.6 Å². The van der Waals surface area contributed by atoms with Gasteiger partial charge in [0.15, 0.2) is 16.3 Å². The summed E-state index contributed by atoms with van der Waals surface area (Å²) in [7, 11) is 4.56. The van der Waals surface area contributed by atoms with E-state index < -0.39 is 18.0 Å². The van der Waals surface area contributed by atoms with Crippen LogP contribution in [-0.2, 0) is 16.1 Å². The number of fused-ring (bicyclic) bond motifs is 1. The first kappa shape index (κ1) is 32.0. The summed E-state index contributed by atoms with van der Waals surface area (Å²) in [6.45, 7) is 3.72. The van der Waals surface area contributed by atoms with E-state index >= 15 is 0 Å². The highest BCUT2D eigenvalue weighted by molar-refractivity contribution is 7.07. The van der Waals surface area contributed by atoms with Crippen molar-refractivity contribution in [3.8, 4) is 23.0 Å².